The number of aryl methyl sites for hydroxylation is 1. The molecule has 4 rings (SSSR count). The highest BCUT2D eigenvalue weighted by Gasteiger charge is 2.51. The van der Waals surface area contributed by atoms with Crippen LogP contribution in [0.3, 0.4) is 0 Å². The van der Waals surface area contributed by atoms with E-state index >= 15 is 0 Å². The van der Waals surface area contributed by atoms with Gasteiger partial charge in [-0.3, -0.25) is 0 Å². The minimum absolute atomic E-state index is 0.0903. The van der Waals surface area contributed by atoms with E-state index in [4.69, 9.17) is 0 Å². The Morgan fingerprint density at radius 3 is 2.67 bits per heavy atom. The van der Waals surface area contributed by atoms with Crippen molar-refractivity contribution in [3.8, 4) is 0 Å². The van der Waals surface area contributed by atoms with E-state index in [2.05, 4.69) is 37.3 Å². The molecule has 1 heteroatoms. The van der Waals surface area contributed by atoms with Gasteiger partial charge in [0.15, 0.2) is 0 Å². The van der Waals surface area contributed by atoms with Gasteiger partial charge in [0.1, 0.15) is 0 Å². The summed E-state index contributed by atoms with van der Waals surface area (Å²) in [6, 6.07) is 8.90. The smallest absolute Gasteiger partial charge is 0.0599 e. The molecule has 0 radical (unpaired) electrons. The Balaban J connectivity index is 0.000000636. The Bertz CT molecular complexity index is 545. The number of allylic oxidation sites excluding steroid dienone is 2. The number of aliphatic hydroxyl groups is 1. The molecule has 3 aliphatic rings. The molecule has 0 saturated heterocycles. The standard InChI is InChI=1S/C18H22O.C2H6/c1-18-11-10-14-13-5-3-2-4-12(13)6-7-15(14)16(18)8-9-17(18)19;1-2/h2-5,10,15-17,19H,6-9,11H2,1H3;1-2H3/t15-,16+,17-,18+;/m0./s1. The first-order valence-corrected chi connectivity index (χ1v) is 8.66. The van der Waals surface area contributed by atoms with Crippen molar-refractivity contribution in [2.45, 2.75) is 59.0 Å². The third-order valence-electron chi connectivity index (χ3n) is 6.06. The summed E-state index contributed by atoms with van der Waals surface area (Å²) in [5.74, 6) is 1.38. The van der Waals surface area contributed by atoms with E-state index in [0.717, 1.165) is 12.8 Å². The Hall–Kier alpha value is -1.08. The molecule has 114 valence electrons. The first-order valence-electron chi connectivity index (χ1n) is 8.66. The van der Waals surface area contributed by atoms with Crippen molar-refractivity contribution in [2.75, 3.05) is 0 Å². The van der Waals surface area contributed by atoms with Crippen molar-refractivity contribution in [3.05, 3.63) is 41.5 Å². The molecule has 0 bridgehead atoms. The summed E-state index contributed by atoms with van der Waals surface area (Å²) in [5, 5.41) is 10.3. The van der Waals surface area contributed by atoms with E-state index in [1.807, 2.05) is 13.8 Å². The summed E-state index contributed by atoms with van der Waals surface area (Å²) in [6.45, 7) is 6.31. The van der Waals surface area contributed by atoms with E-state index in [9.17, 15) is 5.11 Å². The molecule has 1 aromatic carbocycles. The Labute approximate surface area is 129 Å². The number of hydrogen-bond acceptors (Lipinski definition) is 1. The second-order valence-electron chi connectivity index (χ2n) is 6.87. The number of rotatable bonds is 0. The molecule has 0 unspecified atom stereocenters. The third-order valence-corrected chi connectivity index (χ3v) is 6.06. The van der Waals surface area contributed by atoms with Crippen molar-refractivity contribution in [2.24, 2.45) is 17.3 Å². The van der Waals surface area contributed by atoms with Crippen molar-refractivity contribution < 1.29 is 5.11 Å². The van der Waals surface area contributed by atoms with Gasteiger partial charge in [0, 0.05) is 5.41 Å². The molecule has 1 fully saturated rings. The molecule has 1 nitrogen and oxygen atoms in total. The van der Waals surface area contributed by atoms with E-state index in [1.54, 1.807) is 5.57 Å². The van der Waals surface area contributed by atoms with Crippen LogP contribution in [0.5, 0.6) is 0 Å². The highest BCUT2D eigenvalue weighted by atomic mass is 16.3. The van der Waals surface area contributed by atoms with E-state index in [1.165, 1.54) is 30.4 Å². The van der Waals surface area contributed by atoms with Crippen molar-refractivity contribution in [1.82, 2.24) is 0 Å². The minimum atomic E-state index is -0.0903. The van der Waals surface area contributed by atoms with Crippen LogP contribution in [0, 0.1) is 17.3 Å². The van der Waals surface area contributed by atoms with Crippen LogP contribution in [0.25, 0.3) is 5.57 Å². The zero-order chi connectivity index (χ0) is 15.0. The molecule has 0 aromatic heterocycles. The molecule has 0 heterocycles. The maximum absolute atomic E-state index is 10.3. The van der Waals surface area contributed by atoms with Gasteiger partial charge in [-0.1, -0.05) is 51.1 Å². The lowest BCUT2D eigenvalue weighted by Gasteiger charge is -2.45. The minimum Gasteiger partial charge on any atom is -0.393 e. The van der Waals surface area contributed by atoms with Crippen molar-refractivity contribution in [3.63, 3.8) is 0 Å². The van der Waals surface area contributed by atoms with E-state index in [0.29, 0.717) is 11.8 Å². The van der Waals surface area contributed by atoms with Crippen molar-refractivity contribution >= 4 is 5.57 Å². The van der Waals surface area contributed by atoms with Crippen LogP contribution in [-0.4, -0.2) is 11.2 Å². The number of aliphatic hydroxyl groups excluding tert-OH is 1. The highest BCUT2D eigenvalue weighted by molar-refractivity contribution is 5.73. The predicted molar refractivity (Wildman–Crippen MR) is 89.0 cm³/mol. The lowest BCUT2D eigenvalue weighted by atomic mass is 9.60. The van der Waals surface area contributed by atoms with Crippen LogP contribution in [0.4, 0.5) is 0 Å². The molecule has 4 atom stereocenters. The molecule has 1 aromatic rings. The Morgan fingerprint density at radius 1 is 1.10 bits per heavy atom. The van der Waals surface area contributed by atoms with E-state index < -0.39 is 0 Å². The molecule has 3 aliphatic carbocycles. The maximum atomic E-state index is 10.3. The fourth-order valence-corrected chi connectivity index (χ4v) is 4.89. The molecule has 0 spiro atoms. The maximum Gasteiger partial charge on any atom is 0.0599 e. The molecule has 1 N–H and O–H groups in total. The van der Waals surface area contributed by atoms with Gasteiger partial charge in [-0.25, -0.2) is 0 Å². The summed E-state index contributed by atoms with van der Waals surface area (Å²) < 4.78 is 0. The molecular weight excluding hydrogens is 256 g/mol. The summed E-state index contributed by atoms with van der Waals surface area (Å²) in [4.78, 5) is 0. The molecule has 21 heavy (non-hydrogen) atoms. The topological polar surface area (TPSA) is 20.2 Å². The van der Waals surface area contributed by atoms with Crippen LogP contribution in [0.2, 0.25) is 0 Å². The van der Waals surface area contributed by atoms with Gasteiger partial charge in [-0.2, -0.15) is 0 Å². The summed E-state index contributed by atoms with van der Waals surface area (Å²) in [6.07, 6.45) is 8.10. The highest BCUT2D eigenvalue weighted by Crippen LogP contribution is 2.58. The fraction of sp³-hybridized carbons (Fsp3) is 0.600. The van der Waals surface area contributed by atoms with Crippen LogP contribution >= 0.6 is 0 Å². The zero-order valence-corrected chi connectivity index (χ0v) is 13.6. The normalized spacial score (nSPS) is 36.6. The van der Waals surface area contributed by atoms with Crippen LogP contribution < -0.4 is 0 Å². The number of hydrogen-bond donors (Lipinski definition) is 1. The van der Waals surface area contributed by atoms with Gasteiger partial charge < -0.3 is 5.11 Å². The Morgan fingerprint density at radius 2 is 1.86 bits per heavy atom. The first-order chi connectivity index (χ1) is 10.2. The van der Waals surface area contributed by atoms with Crippen LogP contribution in [0.15, 0.2) is 30.3 Å². The lowest BCUT2D eigenvalue weighted by molar-refractivity contribution is 0.0251. The molecule has 1 saturated carbocycles. The largest absolute Gasteiger partial charge is 0.393 e. The lowest BCUT2D eigenvalue weighted by Crippen LogP contribution is -2.39. The number of fused-ring (bicyclic) bond motifs is 5. The molecule has 0 amide bonds. The van der Waals surface area contributed by atoms with Gasteiger partial charge >= 0.3 is 0 Å². The predicted octanol–water partition coefficient (Wildman–Crippen LogP) is 4.84. The van der Waals surface area contributed by atoms with Gasteiger partial charge in [0.05, 0.1) is 6.10 Å². The fourth-order valence-electron chi connectivity index (χ4n) is 4.89. The van der Waals surface area contributed by atoms with Gasteiger partial charge in [0.2, 0.25) is 0 Å². The SMILES string of the molecule is CC.C[C@@]12CC=C3c4ccccc4CC[C@@H]3[C@H]1CC[C@@H]2O. The summed E-state index contributed by atoms with van der Waals surface area (Å²) in [5.41, 5.74) is 4.73. The van der Waals surface area contributed by atoms with Crippen LogP contribution in [-0.2, 0) is 6.42 Å². The average Bonchev–Trinajstić information content (AvgIpc) is 2.85. The summed E-state index contributed by atoms with van der Waals surface area (Å²) in [7, 11) is 0. The Kier molecular flexibility index (Phi) is 3.96. The quantitative estimate of drug-likeness (QED) is 0.723. The zero-order valence-electron chi connectivity index (χ0n) is 13.6. The molecule has 0 aliphatic heterocycles. The monoisotopic (exact) mass is 284 g/mol. The van der Waals surface area contributed by atoms with Crippen LogP contribution in [0.1, 0.15) is 57.6 Å². The average molecular weight is 284 g/mol. The second-order valence-corrected chi connectivity index (χ2v) is 6.87. The second kappa shape index (κ2) is 5.61. The summed E-state index contributed by atoms with van der Waals surface area (Å²) >= 11 is 0. The van der Waals surface area contributed by atoms with Gasteiger partial charge in [-0.05, 0) is 60.6 Å². The van der Waals surface area contributed by atoms with E-state index in [-0.39, 0.29) is 11.5 Å². The first kappa shape index (κ1) is 14.8. The van der Waals surface area contributed by atoms with Crippen molar-refractivity contribution in [1.29, 1.82) is 0 Å². The van der Waals surface area contributed by atoms with Gasteiger partial charge in [0.25, 0.3) is 0 Å². The third kappa shape index (κ3) is 2.17. The van der Waals surface area contributed by atoms with Gasteiger partial charge in [-0.15, -0.1) is 0 Å². The molecular formula is C20H28O. The number of benzene rings is 1.